The van der Waals surface area contributed by atoms with Crippen LogP contribution in [0, 0.1) is 0 Å². The van der Waals surface area contributed by atoms with Gasteiger partial charge in [0.2, 0.25) is 0 Å². The third-order valence-electron chi connectivity index (χ3n) is 3.04. The van der Waals surface area contributed by atoms with E-state index in [0.29, 0.717) is 12.2 Å². The van der Waals surface area contributed by atoms with Gasteiger partial charge < -0.3 is 5.32 Å². The molecule has 0 spiro atoms. The Balaban J connectivity index is 1.65. The third-order valence-corrected chi connectivity index (χ3v) is 3.04. The lowest BCUT2D eigenvalue weighted by Crippen LogP contribution is -2.31. The van der Waals surface area contributed by atoms with E-state index < -0.39 is 12.1 Å². The van der Waals surface area contributed by atoms with Crippen molar-refractivity contribution in [1.29, 1.82) is 0 Å². The highest BCUT2D eigenvalue weighted by molar-refractivity contribution is 6.04. The van der Waals surface area contributed by atoms with Crippen LogP contribution in [0.3, 0.4) is 0 Å². The van der Waals surface area contributed by atoms with Crippen molar-refractivity contribution >= 4 is 11.9 Å². The van der Waals surface area contributed by atoms with Gasteiger partial charge in [-0.3, -0.25) is 15.2 Å². The van der Waals surface area contributed by atoms with E-state index in [0.717, 1.165) is 11.4 Å². The number of rotatable bonds is 4. The molecule has 1 aliphatic rings. The first kappa shape index (κ1) is 12.3. The molecular weight excluding hydrogens is 258 g/mol. The molecule has 20 heavy (non-hydrogen) atoms. The molecule has 3 N–H and O–H groups in total. The van der Waals surface area contributed by atoms with Crippen molar-refractivity contribution in [3.8, 4) is 0 Å². The number of carbonyl (C=O) groups excluding carboxylic acids is 2. The Morgan fingerprint density at radius 1 is 1.15 bits per heavy atom. The maximum absolute atomic E-state index is 11.4. The Hall–Kier alpha value is -2.70. The minimum Gasteiger partial charge on any atom is -0.326 e. The number of imide groups is 1. The number of nitrogens with zero attached hydrogens (tertiary/aromatic N) is 2. The molecule has 3 rings (SSSR count). The predicted molar refractivity (Wildman–Crippen MR) is 69.8 cm³/mol. The zero-order valence-electron chi connectivity index (χ0n) is 10.6. The lowest BCUT2D eigenvalue weighted by molar-refractivity contribution is -0.120. The number of hydrogen-bond acceptors (Lipinski definition) is 4. The van der Waals surface area contributed by atoms with Crippen molar-refractivity contribution in [2.75, 3.05) is 0 Å². The van der Waals surface area contributed by atoms with E-state index in [1.54, 1.807) is 0 Å². The van der Waals surface area contributed by atoms with Crippen molar-refractivity contribution in [3.05, 3.63) is 47.5 Å². The van der Waals surface area contributed by atoms with Gasteiger partial charge in [-0.15, -0.1) is 0 Å². The number of nitrogens with one attached hydrogen (secondary N) is 3. The second-order valence-electron chi connectivity index (χ2n) is 4.58. The van der Waals surface area contributed by atoms with Crippen molar-refractivity contribution in [2.24, 2.45) is 0 Å². The van der Waals surface area contributed by atoms with Crippen LogP contribution in [0.5, 0.6) is 0 Å². The summed E-state index contributed by atoms with van der Waals surface area (Å²) in [5.74, 6) is 0.902. The van der Waals surface area contributed by atoms with Crippen molar-refractivity contribution in [1.82, 2.24) is 25.8 Å². The lowest BCUT2D eigenvalue weighted by atomic mass is 10.1. The molecule has 7 heteroatoms. The van der Waals surface area contributed by atoms with Crippen LogP contribution in [-0.4, -0.2) is 33.2 Å². The monoisotopic (exact) mass is 271 g/mol. The zero-order chi connectivity index (χ0) is 13.9. The summed E-state index contributed by atoms with van der Waals surface area (Å²) in [6.45, 7) is 0. The summed E-state index contributed by atoms with van der Waals surface area (Å²) in [5.41, 5.74) is 1.13. The number of hydrogen-bond donors (Lipinski definition) is 3. The van der Waals surface area contributed by atoms with Gasteiger partial charge in [-0.2, -0.15) is 5.10 Å². The Kier molecular flexibility index (Phi) is 3.16. The van der Waals surface area contributed by atoms with E-state index in [9.17, 15) is 9.59 Å². The first-order valence-corrected chi connectivity index (χ1v) is 6.26. The summed E-state index contributed by atoms with van der Waals surface area (Å²) in [7, 11) is 0. The van der Waals surface area contributed by atoms with Crippen LogP contribution >= 0.6 is 0 Å². The summed E-state index contributed by atoms with van der Waals surface area (Å²) in [5, 5.41) is 11.6. The minimum absolute atomic E-state index is 0.281. The number of amides is 3. The molecule has 1 saturated heterocycles. The molecule has 1 atom stereocenters. The van der Waals surface area contributed by atoms with Crippen LogP contribution in [0.1, 0.15) is 17.2 Å². The standard InChI is InChI=1S/C13H13N5O2/c19-12-9(14-13(20)16-12)7-11-15-10(17-18-11)6-8-4-2-1-3-5-8/h1-5,9H,6-7H2,(H,15,17,18)(H2,14,16,19,20)/t9-/m1/s1. The summed E-state index contributed by atoms with van der Waals surface area (Å²) in [4.78, 5) is 26.8. The zero-order valence-corrected chi connectivity index (χ0v) is 10.6. The van der Waals surface area contributed by atoms with Gasteiger partial charge in [-0.25, -0.2) is 9.78 Å². The van der Waals surface area contributed by atoms with Crippen LogP contribution in [0.2, 0.25) is 0 Å². The van der Waals surface area contributed by atoms with E-state index in [2.05, 4.69) is 25.8 Å². The molecule has 2 heterocycles. The van der Waals surface area contributed by atoms with Gasteiger partial charge in [-0.1, -0.05) is 30.3 Å². The second kappa shape index (κ2) is 5.12. The summed E-state index contributed by atoms with van der Waals surface area (Å²) >= 11 is 0. The molecule has 102 valence electrons. The normalized spacial score (nSPS) is 17.9. The molecular formula is C13H13N5O2. The average Bonchev–Trinajstić information content (AvgIpc) is 2.98. The third kappa shape index (κ3) is 2.66. The largest absolute Gasteiger partial charge is 0.326 e. The second-order valence-corrected chi connectivity index (χ2v) is 4.58. The van der Waals surface area contributed by atoms with Crippen LogP contribution in [-0.2, 0) is 17.6 Å². The average molecular weight is 271 g/mol. The molecule has 3 amide bonds. The first-order valence-electron chi connectivity index (χ1n) is 6.26. The van der Waals surface area contributed by atoms with Crippen molar-refractivity contribution in [2.45, 2.75) is 18.9 Å². The van der Waals surface area contributed by atoms with Crippen molar-refractivity contribution in [3.63, 3.8) is 0 Å². The lowest BCUT2D eigenvalue weighted by Gasteiger charge is -2.02. The topological polar surface area (TPSA) is 99.8 Å². The molecule has 0 radical (unpaired) electrons. The van der Waals surface area contributed by atoms with E-state index in [4.69, 9.17) is 0 Å². The number of H-pyrrole nitrogens is 1. The van der Waals surface area contributed by atoms with Crippen LogP contribution < -0.4 is 10.6 Å². The number of carbonyl (C=O) groups is 2. The summed E-state index contributed by atoms with van der Waals surface area (Å²) in [6.07, 6.45) is 0.930. The molecule has 2 aromatic rings. The fourth-order valence-corrected chi connectivity index (χ4v) is 2.08. The highest BCUT2D eigenvalue weighted by atomic mass is 16.2. The number of aromatic nitrogens is 3. The van der Waals surface area contributed by atoms with Gasteiger partial charge in [0, 0.05) is 12.8 Å². The molecule has 0 unspecified atom stereocenters. The maximum Gasteiger partial charge on any atom is 0.322 e. The van der Waals surface area contributed by atoms with Gasteiger partial charge >= 0.3 is 6.03 Å². The van der Waals surface area contributed by atoms with Gasteiger partial charge in [0.1, 0.15) is 11.9 Å². The van der Waals surface area contributed by atoms with E-state index >= 15 is 0 Å². The first-order chi connectivity index (χ1) is 9.70. The molecule has 0 aliphatic carbocycles. The molecule has 0 saturated carbocycles. The highest BCUT2D eigenvalue weighted by Gasteiger charge is 2.30. The number of aromatic amines is 1. The fourth-order valence-electron chi connectivity index (χ4n) is 2.08. The van der Waals surface area contributed by atoms with Gasteiger partial charge in [0.15, 0.2) is 5.82 Å². The summed E-state index contributed by atoms with van der Waals surface area (Å²) in [6, 6.07) is 8.83. The quantitative estimate of drug-likeness (QED) is 0.689. The van der Waals surface area contributed by atoms with Gasteiger partial charge in [0.25, 0.3) is 5.91 Å². The molecule has 0 bridgehead atoms. The maximum atomic E-state index is 11.4. The van der Waals surface area contributed by atoms with Crippen LogP contribution in [0.4, 0.5) is 4.79 Å². The molecule has 7 nitrogen and oxygen atoms in total. The van der Waals surface area contributed by atoms with Crippen LogP contribution in [0.25, 0.3) is 0 Å². The van der Waals surface area contributed by atoms with Crippen molar-refractivity contribution < 1.29 is 9.59 Å². The molecule has 1 aromatic carbocycles. The minimum atomic E-state index is -0.595. The molecule has 1 fully saturated rings. The van der Waals surface area contributed by atoms with E-state index in [1.165, 1.54) is 0 Å². The van der Waals surface area contributed by atoms with Gasteiger partial charge in [0.05, 0.1) is 0 Å². The fraction of sp³-hybridized carbons (Fsp3) is 0.231. The smallest absolute Gasteiger partial charge is 0.322 e. The molecule has 1 aromatic heterocycles. The Bertz CT molecular complexity index is 637. The number of urea groups is 1. The van der Waals surface area contributed by atoms with Gasteiger partial charge in [-0.05, 0) is 5.56 Å². The summed E-state index contributed by atoms with van der Waals surface area (Å²) < 4.78 is 0. The van der Waals surface area contributed by atoms with Crippen LogP contribution in [0.15, 0.2) is 30.3 Å². The Labute approximate surface area is 114 Å². The highest BCUT2D eigenvalue weighted by Crippen LogP contribution is 2.07. The SMILES string of the molecule is O=C1NC(=O)[C@@H](Cc2n[nH]c(Cc3ccccc3)n2)N1. The Morgan fingerprint density at radius 3 is 2.65 bits per heavy atom. The number of benzene rings is 1. The predicted octanol–water partition coefficient (Wildman–Crippen LogP) is 0.146. The molecule has 1 aliphatic heterocycles. The van der Waals surface area contributed by atoms with E-state index in [-0.39, 0.29) is 12.3 Å². The Morgan fingerprint density at radius 2 is 1.95 bits per heavy atom. The van der Waals surface area contributed by atoms with E-state index in [1.807, 2.05) is 30.3 Å².